The maximum Gasteiger partial charge on any atom is 0.320 e. The molecule has 0 aliphatic rings. The Hall–Kier alpha value is -0.900. The molecular formula is C14H31NO3. The minimum atomic E-state index is -1.05. The third-order valence-corrected chi connectivity index (χ3v) is 1.84. The van der Waals surface area contributed by atoms with E-state index < -0.39 is 17.4 Å². The number of ketones is 1. The van der Waals surface area contributed by atoms with E-state index in [1.165, 1.54) is 6.42 Å². The predicted octanol–water partition coefficient (Wildman–Crippen LogP) is 3.24. The molecule has 0 heterocycles. The van der Waals surface area contributed by atoms with Crippen molar-refractivity contribution in [3.8, 4) is 0 Å². The zero-order valence-corrected chi connectivity index (χ0v) is 13.0. The lowest BCUT2D eigenvalue weighted by Gasteiger charge is -2.16. The average molecular weight is 261 g/mol. The number of hydrogen-bond acceptors (Lipinski definition) is 3. The summed E-state index contributed by atoms with van der Waals surface area (Å²) in [6.45, 7) is 13.7. The molecule has 0 amide bonds. The van der Waals surface area contributed by atoms with Gasteiger partial charge in [0, 0.05) is 11.8 Å². The van der Waals surface area contributed by atoms with Crippen LogP contribution in [0.2, 0.25) is 0 Å². The molecule has 0 rings (SSSR count). The zero-order chi connectivity index (χ0) is 15.4. The van der Waals surface area contributed by atoms with Gasteiger partial charge in [-0.05, 0) is 6.42 Å². The van der Waals surface area contributed by atoms with Crippen LogP contribution >= 0.6 is 0 Å². The Morgan fingerprint density at radius 3 is 1.72 bits per heavy atom. The molecule has 1 atom stereocenters. The molecule has 0 aromatic rings. The van der Waals surface area contributed by atoms with Gasteiger partial charge in [-0.25, -0.2) is 0 Å². The Kier molecular flexibility index (Phi) is 15.5. The third-order valence-electron chi connectivity index (χ3n) is 1.84. The molecule has 1 unspecified atom stereocenters. The molecular weight excluding hydrogens is 230 g/mol. The molecule has 0 fully saturated rings. The first-order valence-corrected chi connectivity index (χ1v) is 6.68. The summed E-state index contributed by atoms with van der Waals surface area (Å²) in [5.41, 5.74) is 4.85. The van der Waals surface area contributed by atoms with E-state index >= 15 is 0 Å². The summed E-state index contributed by atoms with van der Waals surface area (Å²) in [7, 11) is 0. The van der Waals surface area contributed by atoms with Gasteiger partial charge in [-0.15, -0.1) is 0 Å². The molecule has 0 aromatic carbocycles. The van der Waals surface area contributed by atoms with Crippen molar-refractivity contribution in [1.82, 2.24) is 0 Å². The molecule has 0 spiro atoms. The molecule has 0 radical (unpaired) electrons. The number of aliphatic carboxylic acids is 1. The summed E-state index contributed by atoms with van der Waals surface area (Å²) in [5, 5.41) is 8.46. The van der Waals surface area contributed by atoms with Gasteiger partial charge in [0.25, 0.3) is 0 Å². The standard InChI is InChI=1S/C9H17NO3.C3H8.C2H6/c1-9(2,3)7(11)5-4-6(10)8(12)13;1-3-2;1-2/h6H,4-5,10H2,1-3H3,(H,12,13);3H2,1-2H3;1-2H3. The first-order chi connectivity index (χ1) is 8.16. The number of rotatable bonds is 4. The van der Waals surface area contributed by atoms with Gasteiger partial charge in [0.1, 0.15) is 11.8 Å². The molecule has 110 valence electrons. The number of carbonyl (C=O) groups is 2. The maximum atomic E-state index is 11.3. The van der Waals surface area contributed by atoms with E-state index in [0.29, 0.717) is 0 Å². The third kappa shape index (κ3) is 15.1. The highest BCUT2D eigenvalue weighted by molar-refractivity contribution is 5.84. The van der Waals surface area contributed by atoms with Crippen LogP contribution < -0.4 is 5.73 Å². The van der Waals surface area contributed by atoms with Gasteiger partial charge in [0.2, 0.25) is 0 Å². The number of carbonyl (C=O) groups excluding carboxylic acids is 1. The maximum absolute atomic E-state index is 11.3. The fourth-order valence-electron chi connectivity index (χ4n) is 0.785. The van der Waals surface area contributed by atoms with E-state index in [2.05, 4.69) is 13.8 Å². The zero-order valence-electron chi connectivity index (χ0n) is 13.0. The summed E-state index contributed by atoms with van der Waals surface area (Å²) in [6, 6.07) is -0.925. The second kappa shape index (κ2) is 12.6. The highest BCUT2D eigenvalue weighted by Crippen LogP contribution is 2.17. The topological polar surface area (TPSA) is 80.4 Å². The van der Waals surface area contributed by atoms with Crippen molar-refractivity contribution in [3.05, 3.63) is 0 Å². The van der Waals surface area contributed by atoms with Crippen LogP contribution in [0.5, 0.6) is 0 Å². The lowest BCUT2D eigenvalue weighted by molar-refractivity contribution is -0.138. The van der Waals surface area contributed by atoms with Crippen LogP contribution in [-0.4, -0.2) is 22.9 Å². The van der Waals surface area contributed by atoms with Crippen LogP contribution in [0.4, 0.5) is 0 Å². The smallest absolute Gasteiger partial charge is 0.320 e. The van der Waals surface area contributed by atoms with Gasteiger partial charge in [0.05, 0.1) is 0 Å². The van der Waals surface area contributed by atoms with E-state index in [9.17, 15) is 9.59 Å². The SMILES string of the molecule is CC.CC(C)(C)C(=O)CCC(N)C(=O)O.CCC. The van der Waals surface area contributed by atoms with Crippen molar-refractivity contribution in [2.24, 2.45) is 11.1 Å². The first-order valence-electron chi connectivity index (χ1n) is 6.68. The lowest BCUT2D eigenvalue weighted by Crippen LogP contribution is -2.32. The monoisotopic (exact) mass is 261 g/mol. The Morgan fingerprint density at radius 1 is 1.17 bits per heavy atom. The van der Waals surface area contributed by atoms with Crippen molar-refractivity contribution in [1.29, 1.82) is 0 Å². The molecule has 4 nitrogen and oxygen atoms in total. The Bertz CT molecular complexity index is 220. The van der Waals surface area contributed by atoms with Gasteiger partial charge < -0.3 is 10.8 Å². The molecule has 18 heavy (non-hydrogen) atoms. The molecule has 0 aliphatic heterocycles. The first kappa shape index (κ1) is 22.3. The van der Waals surface area contributed by atoms with E-state index in [4.69, 9.17) is 10.8 Å². The van der Waals surface area contributed by atoms with Gasteiger partial charge in [-0.1, -0.05) is 54.9 Å². The van der Waals surface area contributed by atoms with Gasteiger partial charge in [-0.2, -0.15) is 0 Å². The quantitative estimate of drug-likeness (QED) is 0.814. The fourth-order valence-corrected chi connectivity index (χ4v) is 0.785. The largest absolute Gasteiger partial charge is 0.480 e. The van der Waals surface area contributed by atoms with E-state index in [1.54, 1.807) is 0 Å². The molecule has 0 bridgehead atoms. The van der Waals surface area contributed by atoms with Crippen molar-refractivity contribution in [3.63, 3.8) is 0 Å². The number of carboxylic acid groups (broad SMARTS) is 1. The highest BCUT2D eigenvalue weighted by atomic mass is 16.4. The second-order valence-corrected chi connectivity index (χ2v) is 4.86. The molecule has 0 saturated carbocycles. The number of Topliss-reactive ketones (excluding diaryl/α,β-unsaturated/α-hetero) is 1. The molecule has 0 saturated heterocycles. The Balaban J connectivity index is -0.000000389. The van der Waals surface area contributed by atoms with Crippen molar-refractivity contribution < 1.29 is 14.7 Å². The summed E-state index contributed by atoms with van der Waals surface area (Å²) in [6.07, 6.45) is 1.70. The minimum absolute atomic E-state index is 0.0456. The number of hydrogen-bond donors (Lipinski definition) is 2. The summed E-state index contributed by atoms with van der Waals surface area (Å²) in [5.74, 6) is -1.01. The predicted molar refractivity (Wildman–Crippen MR) is 76.6 cm³/mol. The number of carboxylic acids is 1. The van der Waals surface area contributed by atoms with Crippen LogP contribution in [0.3, 0.4) is 0 Å². The van der Waals surface area contributed by atoms with E-state index in [1.807, 2.05) is 34.6 Å². The van der Waals surface area contributed by atoms with Gasteiger partial charge in [-0.3, -0.25) is 9.59 Å². The van der Waals surface area contributed by atoms with Gasteiger partial charge >= 0.3 is 5.97 Å². The van der Waals surface area contributed by atoms with Crippen LogP contribution in [-0.2, 0) is 9.59 Å². The van der Waals surface area contributed by atoms with E-state index in [-0.39, 0.29) is 18.6 Å². The fraction of sp³-hybridized carbons (Fsp3) is 0.857. The molecule has 4 heteroatoms. The van der Waals surface area contributed by atoms with Gasteiger partial charge in [0.15, 0.2) is 0 Å². The summed E-state index contributed by atoms with van der Waals surface area (Å²) >= 11 is 0. The molecule has 0 aromatic heterocycles. The molecule has 3 N–H and O–H groups in total. The van der Waals surface area contributed by atoms with Crippen molar-refractivity contribution in [2.75, 3.05) is 0 Å². The van der Waals surface area contributed by atoms with Crippen LogP contribution in [0.25, 0.3) is 0 Å². The highest BCUT2D eigenvalue weighted by Gasteiger charge is 2.22. The second-order valence-electron chi connectivity index (χ2n) is 4.86. The normalized spacial score (nSPS) is 11.3. The van der Waals surface area contributed by atoms with E-state index in [0.717, 1.165) is 0 Å². The van der Waals surface area contributed by atoms with Crippen molar-refractivity contribution >= 4 is 11.8 Å². The van der Waals surface area contributed by atoms with Crippen LogP contribution in [0, 0.1) is 5.41 Å². The van der Waals surface area contributed by atoms with Crippen LogP contribution in [0.15, 0.2) is 0 Å². The number of nitrogens with two attached hydrogens (primary N) is 1. The summed E-state index contributed by atoms with van der Waals surface area (Å²) < 4.78 is 0. The van der Waals surface area contributed by atoms with Crippen molar-refractivity contribution in [2.45, 2.75) is 73.8 Å². The van der Waals surface area contributed by atoms with Crippen LogP contribution in [0.1, 0.15) is 67.7 Å². The summed E-state index contributed by atoms with van der Waals surface area (Å²) in [4.78, 5) is 21.7. The minimum Gasteiger partial charge on any atom is -0.480 e. The Morgan fingerprint density at radius 2 is 1.50 bits per heavy atom. The Labute approximate surface area is 112 Å². The molecule has 0 aliphatic carbocycles. The average Bonchev–Trinajstić information content (AvgIpc) is 2.27. The lowest BCUT2D eigenvalue weighted by atomic mass is 9.87.